The van der Waals surface area contributed by atoms with Crippen LogP contribution in [0.1, 0.15) is 11.1 Å². The van der Waals surface area contributed by atoms with Crippen molar-refractivity contribution in [2.75, 3.05) is 0 Å². The third kappa shape index (κ3) is 3.48. The molecule has 0 atom stereocenters. The van der Waals surface area contributed by atoms with E-state index in [4.69, 9.17) is 5.26 Å². The molecule has 0 radical (unpaired) electrons. The molecule has 0 aliphatic carbocycles. The van der Waals surface area contributed by atoms with Crippen LogP contribution in [0.4, 0.5) is 13.2 Å². The van der Waals surface area contributed by atoms with Gasteiger partial charge in [-0.15, -0.1) is 0 Å². The smallest absolute Gasteiger partial charge is 0.374 e. The second-order valence-electron chi connectivity index (χ2n) is 3.55. The Kier molecular flexibility index (Phi) is 3.91. The molecule has 1 rings (SSSR count). The third-order valence-corrected chi connectivity index (χ3v) is 3.40. The maximum atomic E-state index is 12.2. The SMILES string of the molecule is C=C(OS(=O)(=O)c1ccc(C)c(C#N)c1)C(F)(F)F. The summed E-state index contributed by atoms with van der Waals surface area (Å²) in [6, 6.07) is 5.01. The fourth-order valence-electron chi connectivity index (χ4n) is 1.10. The van der Waals surface area contributed by atoms with E-state index >= 15 is 0 Å². The molecule has 102 valence electrons. The Bertz CT molecular complexity index is 657. The minimum absolute atomic E-state index is 0.0299. The quantitative estimate of drug-likeness (QED) is 0.634. The van der Waals surface area contributed by atoms with Crippen molar-refractivity contribution >= 4 is 10.1 Å². The average Bonchev–Trinajstić information content (AvgIpc) is 2.27. The van der Waals surface area contributed by atoms with Crippen molar-refractivity contribution in [1.82, 2.24) is 0 Å². The maximum Gasteiger partial charge on any atom is 0.450 e. The number of benzene rings is 1. The fraction of sp³-hybridized carbons (Fsp3) is 0.182. The lowest BCUT2D eigenvalue weighted by Gasteiger charge is -2.12. The van der Waals surface area contributed by atoms with Crippen molar-refractivity contribution < 1.29 is 25.8 Å². The molecule has 0 unspecified atom stereocenters. The van der Waals surface area contributed by atoms with E-state index in [-0.39, 0.29) is 5.56 Å². The molecule has 0 aromatic heterocycles. The lowest BCUT2D eigenvalue weighted by atomic mass is 10.1. The Balaban J connectivity index is 3.16. The largest absolute Gasteiger partial charge is 0.450 e. The number of rotatable bonds is 3. The topological polar surface area (TPSA) is 67.2 Å². The maximum absolute atomic E-state index is 12.2. The summed E-state index contributed by atoms with van der Waals surface area (Å²) in [4.78, 5) is -0.542. The van der Waals surface area contributed by atoms with E-state index in [9.17, 15) is 21.6 Å². The first-order chi connectivity index (χ1) is 8.58. The first kappa shape index (κ1) is 15.0. The number of hydrogen-bond donors (Lipinski definition) is 0. The van der Waals surface area contributed by atoms with Crippen LogP contribution in [-0.2, 0) is 14.3 Å². The Hall–Kier alpha value is -2.01. The molecule has 0 aliphatic rings. The van der Waals surface area contributed by atoms with Crippen molar-refractivity contribution in [3.8, 4) is 6.07 Å². The van der Waals surface area contributed by atoms with Crippen molar-refractivity contribution in [3.05, 3.63) is 41.7 Å². The Labute approximate surface area is 107 Å². The van der Waals surface area contributed by atoms with Gasteiger partial charge in [0.25, 0.3) is 0 Å². The van der Waals surface area contributed by atoms with Gasteiger partial charge in [0, 0.05) is 0 Å². The highest BCUT2D eigenvalue weighted by molar-refractivity contribution is 7.86. The molecule has 0 heterocycles. The van der Waals surface area contributed by atoms with Crippen LogP contribution in [0.25, 0.3) is 0 Å². The van der Waals surface area contributed by atoms with Gasteiger partial charge in [-0.3, -0.25) is 0 Å². The summed E-state index contributed by atoms with van der Waals surface area (Å²) >= 11 is 0. The molecule has 19 heavy (non-hydrogen) atoms. The minimum atomic E-state index is -4.98. The Morgan fingerprint density at radius 2 is 2.00 bits per heavy atom. The fourth-order valence-corrected chi connectivity index (χ4v) is 2.06. The Morgan fingerprint density at radius 3 is 2.47 bits per heavy atom. The molecule has 0 aliphatic heterocycles. The lowest BCUT2D eigenvalue weighted by molar-refractivity contribution is -0.115. The molecule has 1 aromatic carbocycles. The highest BCUT2D eigenvalue weighted by Crippen LogP contribution is 2.28. The summed E-state index contributed by atoms with van der Waals surface area (Å²) in [5.74, 6) is -1.84. The van der Waals surface area contributed by atoms with Gasteiger partial charge < -0.3 is 4.18 Å². The van der Waals surface area contributed by atoms with Gasteiger partial charge >= 0.3 is 16.3 Å². The number of nitrogens with zero attached hydrogens (tertiary/aromatic N) is 1. The summed E-state index contributed by atoms with van der Waals surface area (Å²) in [5.41, 5.74) is 0.526. The van der Waals surface area contributed by atoms with Crippen LogP contribution in [0.3, 0.4) is 0 Å². The van der Waals surface area contributed by atoms with Gasteiger partial charge in [-0.2, -0.15) is 26.9 Å². The summed E-state index contributed by atoms with van der Waals surface area (Å²) in [6.45, 7) is 4.07. The van der Waals surface area contributed by atoms with Crippen LogP contribution in [0.15, 0.2) is 35.4 Å². The number of hydrogen-bond acceptors (Lipinski definition) is 4. The number of nitriles is 1. The zero-order chi connectivity index (χ0) is 14.8. The van der Waals surface area contributed by atoms with Crippen molar-refractivity contribution in [2.45, 2.75) is 18.0 Å². The first-order valence-electron chi connectivity index (χ1n) is 4.79. The molecule has 8 heteroatoms. The molecule has 0 saturated heterocycles. The van der Waals surface area contributed by atoms with Crippen LogP contribution in [0, 0.1) is 18.3 Å². The molecule has 0 N–H and O–H groups in total. The van der Waals surface area contributed by atoms with Crippen LogP contribution < -0.4 is 0 Å². The van der Waals surface area contributed by atoms with Crippen molar-refractivity contribution in [1.29, 1.82) is 5.26 Å². The summed E-state index contributed by atoms with van der Waals surface area (Å²) in [7, 11) is -4.66. The molecule has 0 fully saturated rings. The van der Waals surface area contributed by atoms with E-state index in [0.29, 0.717) is 5.56 Å². The Morgan fingerprint density at radius 1 is 1.42 bits per heavy atom. The van der Waals surface area contributed by atoms with Gasteiger partial charge in [0.2, 0.25) is 5.76 Å². The van der Waals surface area contributed by atoms with E-state index < -0.39 is 26.9 Å². The normalized spacial score (nSPS) is 11.7. The molecule has 0 spiro atoms. The average molecular weight is 291 g/mol. The van der Waals surface area contributed by atoms with E-state index in [1.54, 1.807) is 13.0 Å². The summed E-state index contributed by atoms with van der Waals surface area (Å²) in [6.07, 6.45) is -4.98. The number of alkyl halides is 3. The van der Waals surface area contributed by atoms with Gasteiger partial charge in [-0.25, -0.2) is 0 Å². The van der Waals surface area contributed by atoms with E-state index in [1.165, 1.54) is 6.07 Å². The van der Waals surface area contributed by atoms with Crippen LogP contribution in [-0.4, -0.2) is 14.6 Å². The van der Waals surface area contributed by atoms with Gasteiger partial charge in [-0.05, 0) is 31.2 Å². The number of aryl methyl sites for hydroxylation is 1. The first-order valence-corrected chi connectivity index (χ1v) is 6.20. The second-order valence-corrected chi connectivity index (χ2v) is 5.09. The third-order valence-electron chi connectivity index (χ3n) is 2.14. The van der Waals surface area contributed by atoms with Crippen LogP contribution in [0.5, 0.6) is 0 Å². The number of halogens is 3. The van der Waals surface area contributed by atoms with Gasteiger partial charge in [0.15, 0.2) is 0 Å². The predicted octanol–water partition coefficient (Wildman–Crippen LogP) is 2.65. The van der Waals surface area contributed by atoms with E-state index in [0.717, 1.165) is 12.1 Å². The van der Waals surface area contributed by atoms with Gasteiger partial charge in [0.1, 0.15) is 4.90 Å². The van der Waals surface area contributed by atoms with Crippen molar-refractivity contribution in [2.24, 2.45) is 0 Å². The standard InChI is InChI=1S/C11H8F3NO3S/c1-7-3-4-10(5-9(7)6-15)19(16,17)18-8(2)11(12,13)14/h3-5H,2H2,1H3. The summed E-state index contributed by atoms with van der Waals surface area (Å²) < 4.78 is 63.5. The monoisotopic (exact) mass is 291 g/mol. The predicted molar refractivity (Wildman–Crippen MR) is 59.4 cm³/mol. The molecule has 1 aromatic rings. The van der Waals surface area contributed by atoms with Crippen LogP contribution >= 0.6 is 0 Å². The summed E-state index contributed by atoms with van der Waals surface area (Å²) in [5, 5.41) is 8.74. The lowest BCUT2D eigenvalue weighted by Crippen LogP contribution is -2.17. The molecule has 0 amide bonds. The molecule has 4 nitrogen and oxygen atoms in total. The second kappa shape index (κ2) is 4.93. The number of allylic oxidation sites excluding steroid dienone is 1. The highest BCUT2D eigenvalue weighted by atomic mass is 32.2. The van der Waals surface area contributed by atoms with Crippen LogP contribution in [0.2, 0.25) is 0 Å². The van der Waals surface area contributed by atoms with Gasteiger partial charge in [0.05, 0.1) is 11.6 Å². The van der Waals surface area contributed by atoms with Gasteiger partial charge in [-0.1, -0.05) is 6.07 Å². The molecular formula is C11H8F3NO3S. The minimum Gasteiger partial charge on any atom is -0.374 e. The molecule has 0 saturated carbocycles. The van der Waals surface area contributed by atoms with E-state index in [2.05, 4.69) is 10.8 Å². The molecular weight excluding hydrogens is 283 g/mol. The zero-order valence-electron chi connectivity index (χ0n) is 9.65. The highest BCUT2D eigenvalue weighted by Gasteiger charge is 2.37. The van der Waals surface area contributed by atoms with Crippen molar-refractivity contribution in [3.63, 3.8) is 0 Å². The van der Waals surface area contributed by atoms with E-state index in [1.807, 2.05) is 0 Å². The zero-order valence-corrected chi connectivity index (χ0v) is 10.5. The molecule has 0 bridgehead atoms.